The van der Waals surface area contributed by atoms with Gasteiger partial charge in [0, 0.05) is 5.56 Å². The standard InChI is InChI=1S/C13H14BrN3O2.ClH/c1-18-10-4-3-8(7-9(10)14)11-16-12(17-19-11)13(15)5-2-6-13;/h3-4,7H,2,5-6,15H2,1H3;1H. The van der Waals surface area contributed by atoms with Gasteiger partial charge < -0.3 is 15.0 Å². The summed E-state index contributed by atoms with van der Waals surface area (Å²) in [5, 5.41) is 4.00. The van der Waals surface area contributed by atoms with E-state index in [1.807, 2.05) is 18.2 Å². The van der Waals surface area contributed by atoms with E-state index in [9.17, 15) is 0 Å². The van der Waals surface area contributed by atoms with E-state index >= 15 is 0 Å². The first-order valence-electron chi connectivity index (χ1n) is 6.09. The normalized spacial score (nSPS) is 16.1. The van der Waals surface area contributed by atoms with Gasteiger partial charge in [0.1, 0.15) is 5.75 Å². The first-order valence-corrected chi connectivity index (χ1v) is 6.89. The summed E-state index contributed by atoms with van der Waals surface area (Å²) < 4.78 is 11.3. The van der Waals surface area contributed by atoms with Gasteiger partial charge in [0.15, 0.2) is 5.82 Å². The Bertz CT molecular complexity index is 613. The Morgan fingerprint density at radius 3 is 2.70 bits per heavy atom. The zero-order valence-corrected chi connectivity index (χ0v) is 13.3. The van der Waals surface area contributed by atoms with Crippen LogP contribution in [0, 0.1) is 0 Å². The Morgan fingerprint density at radius 1 is 1.40 bits per heavy atom. The number of benzene rings is 1. The van der Waals surface area contributed by atoms with E-state index < -0.39 is 5.54 Å². The SMILES string of the molecule is COc1ccc(-c2nc(C3(N)CCC3)no2)cc1Br.Cl. The Balaban J connectivity index is 0.00000147. The molecule has 0 radical (unpaired) electrons. The van der Waals surface area contributed by atoms with Gasteiger partial charge in [-0.2, -0.15) is 4.98 Å². The number of ether oxygens (including phenoxy) is 1. The molecule has 1 heterocycles. The van der Waals surface area contributed by atoms with Crippen molar-refractivity contribution in [1.82, 2.24) is 10.1 Å². The molecule has 1 aliphatic carbocycles. The van der Waals surface area contributed by atoms with Crippen molar-refractivity contribution in [2.24, 2.45) is 5.73 Å². The third kappa shape index (κ3) is 2.55. The average Bonchev–Trinajstić information content (AvgIpc) is 2.85. The predicted molar refractivity (Wildman–Crippen MR) is 81.0 cm³/mol. The second-order valence-corrected chi connectivity index (χ2v) is 5.64. The van der Waals surface area contributed by atoms with Crippen LogP contribution in [0.2, 0.25) is 0 Å². The van der Waals surface area contributed by atoms with Crippen LogP contribution in [0.5, 0.6) is 5.75 Å². The lowest BCUT2D eigenvalue weighted by atomic mass is 9.77. The van der Waals surface area contributed by atoms with Gasteiger partial charge in [-0.05, 0) is 53.4 Å². The molecular formula is C13H15BrClN3O2. The number of nitrogens with zero attached hydrogens (tertiary/aromatic N) is 2. The third-order valence-electron chi connectivity index (χ3n) is 3.52. The molecule has 5 nitrogen and oxygen atoms in total. The summed E-state index contributed by atoms with van der Waals surface area (Å²) in [6.45, 7) is 0. The monoisotopic (exact) mass is 359 g/mol. The van der Waals surface area contributed by atoms with Crippen molar-refractivity contribution in [3.05, 3.63) is 28.5 Å². The van der Waals surface area contributed by atoms with Crippen molar-refractivity contribution in [1.29, 1.82) is 0 Å². The highest BCUT2D eigenvalue weighted by Gasteiger charge is 2.39. The number of hydrogen-bond acceptors (Lipinski definition) is 5. The third-order valence-corrected chi connectivity index (χ3v) is 4.14. The number of halogens is 2. The Labute approximate surface area is 131 Å². The first-order chi connectivity index (χ1) is 9.12. The second-order valence-electron chi connectivity index (χ2n) is 4.78. The minimum Gasteiger partial charge on any atom is -0.496 e. The average molecular weight is 361 g/mol. The molecule has 0 unspecified atom stereocenters. The van der Waals surface area contributed by atoms with Gasteiger partial charge in [-0.25, -0.2) is 0 Å². The fourth-order valence-electron chi connectivity index (χ4n) is 2.12. The van der Waals surface area contributed by atoms with E-state index in [4.69, 9.17) is 15.0 Å². The highest BCUT2D eigenvalue weighted by molar-refractivity contribution is 9.10. The molecule has 2 aromatic rings. The fraction of sp³-hybridized carbons (Fsp3) is 0.385. The lowest BCUT2D eigenvalue weighted by molar-refractivity contribution is 0.229. The molecule has 1 aromatic heterocycles. The first kappa shape index (κ1) is 15.3. The maximum atomic E-state index is 6.18. The highest BCUT2D eigenvalue weighted by Crippen LogP contribution is 2.38. The Kier molecular flexibility index (Phi) is 4.36. The predicted octanol–water partition coefficient (Wildman–Crippen LogP) is 3.27. The van der Waals surface area contributed by atoms with E-state index in [2.05, 4.69) is 26.1 Å². The number of aromatic nitrogens is 2. The van der Waals surface area contributed by atoms with Crippen LogP contribution >= 0.6 is 28.3 Å². The Hall–Kier alpha value is -1.11. The molecule has 1 fully saturated rings. The molecule has 1 saturated carbocycles. The summed E-state index contributed by atoms with van der Waals surface area (Å²) in [6, 6.07) is 5.62. The lowest BCUT2D eigenvalue weighted by Gasteiger charge is -2.34. The molecule has 0 bridgehead atoms. The van der Waals surface area contributed by atoms with Gasteiger partial charge in [-0.15, -0.1) is 12.4 Å². The molecule has 7 heteroatoms. The van der Waals surface area contributed by atoms with Crippen molar-refractivity contribution < 1.29 is 9.26 Å². The summed E-state index contributed by atoms with van der Waals surface area (Å²) in [5.74, 6) is 1.84. The van der Waals surface area contributed by atoms with Crippen molar-refractivity contribution in [2.45, 2.75) is 24.8 Å². The molecule has 3 rings (SSSR count). The van der Waals surface area contributed by atoms with E-state index in [1.54, 1.807) is 7.11 Å². The van der Waals surface area contributed by atoms with Crippen LogP contribution in [0.15, 0.2) is 27.2 Å². The topological polar surface area (TPSA) is 74.2 Å². The Morgan fingerprint density at radius 2 is 2.15 bits per heavy atom. The maximum Gasteiger partial charge on any atom is 0.258 e. The molecule has 1 aliphatic rings. The zero-order valence-electron chi connectivity index (χ0n) is 10.9. The number of nitrogens with two attached hydrogens (primary N) is 1. The van der Waals surface area contributed by atoms with Crippen molar-refractivity contribution >= 4 is 28.3 Å². The molecule has 0 amide bonds. The largest absolute Gasteiger partial charge is 0.496 e. The summed E-state index contributed by atoms with van der Waals surface area (Å²) in [5.41, 5.74) is 6.62. The molecule has 0 spiro atoms. The number of hydrogen-bond donors (Lipinski definition) is 1. The van der Waals surface area contributed by atoms with Crippen LogP contribution in [0.1, 0.15) is 25.1 Å². The summed E-state index contributed by atoms with van der Waals surface area (Å²) in [6.07, 6.45) is 2.95. The minimum absolute atomic E-state index is 0. The van der Waals surface area contributed by atoms with E-state index in [0.717, 1.165) is 35.0 Å². The number of methoxy groups -OCH3 is 1. The molecule has 0 aliphatic heterocycles. The molecule has 2 N–H and O–H groups in total. The van der Waals surface area contributed by atoms with E-state index in [-0.39, 0.29) is 12.4 Å². The van der Waals surface area contributed by atoms with Crippen LogP contribution in [-0.2, 0) is 5.54 Å². The highest BCUT2D eigenvalue weighted by atomic mass is 79.9. The van der Waals surface area contributed by atoms with Gasteiger partial charge in [-0.3, -0.25) is 0 Å². The van der Waals surface area contributed by atoms with Crippen LogP contribution in [0.25, 0.3) is 11.5 Å². The van der Waals surface area contributed by atoms with Crippen LogP contribution in [0.3, 0.4) is 0 Å². The van der Waals surface area contributed by atoms with Crippen LogP contribution in [0.4, 0.5) is 0 Å². The van der Waals surface area contributed by atoms with Gasteiger partial charge in [0.25, 0.3) is 5.89 Å². The molecule has 20 heavy (non-hydrogen) atoms. The summed E-state index contributed by atoms with van der Waals surface area (Å²) >= 11 is 3.44. The van der Waals surface area contributed by atoms with Gasteiger partial charge in [0.05, 0.1) is 17.1 Å². The van der Waals surface area contributed by atoms with Crippen molar-refractivity contribution in [3.63, 3.8) is 0 Å². The molecule has 0 atom stereocenters. The second kappa shape index (κ2) is 5.71. The smallest absolute Gasteiger partial charge is 0.258 e. The molecule has 0 saturated heterocycles. The van der Waals surface area contributed by atoms with Crippen LogP contribution < -0.4 is 10.5 Å². The van der Waals surface area contributed by atoms with E-state index in [1.165, 1.54) is 0 Å². The fourth-order valence-corrected chi connectivity index (χ4v) is 2.66. The molecular weight excluding hydrogens is 346 g/mol. The van der Waals surface area contributed by atoms with Gasteiger partial charge in [0.2, 0.25) is 0 Å². The minimum atomic E-state index is -0.397. The number of rotatable bonds is 3. The van der Waals surface area contributed by atoms with Gasteiger partial charge >= 0.3 is 0 Å². The van der Waals surface area contributed by atoms with Crippen molar-refractivity contribution in [3.8, 4) is 17.2 Å². The van der Waals surface area contributed by atoms with Gasteiger partial charge in [-0.1, -0.05) is 5.16 Å². The lowest BCUT2D eigenvalue weighted by Crippen LogP contribution is -2.44. The zero-order chi connectivity index (χ0) is 13.5. The maximum absolute atomic E-state index is 6.18. The van der Waals surface area contributed by atoms with Crippen LogP contribution in [-0.4, -0.2) is 17.3 Å². The quantitative estimate of drug-likeness (QED) is 0.909. The summed E-state index contributed by atoms with van der Waals surface area (Å²) in [4.78, 5) is 4.41. The summed E-state index contributed by atoms with van der Waals surface area (Å²) in [7, 11) is 1.62. The molecule has 108 valence electrons. The molecule has 1 aromatic carbocycles. The van der Waals surface area contributed by atoms with Crippen molar-refractivity contribution in [2.75, 3.05) is 7.11 Å². The van der Waals surface area contributed by atoms with E-state index in [0.29, 0.717) is 11.7 Å².